The number of oxime groups is 1. The Morgan fingerprint density at radius 3 is 1.86 bits per heavy atom. The summed E-state index contributed by atoms with van der Waals surface area (Å²) in [5.41, 5.74) is 3.18. The van der Waals surface area contributed by atoms with Crippen LogP contribution in [0.3, 0.4) is 0 Å². The fourth-order valence-corrected chi connectivity index (χ4v) is 4.30. The van der Waals surface area contributed by atoms with Crippen molar-refractivity contribution in [2.75, 3.05) is 12.4 Å². The van der Waals surface area contributed by atoms with Gasteiger partial charge in [-0.3, -0.25) is 14.5 Å². The predicted octanol–water partition coefficient (Wildman–Crippen LogP) is 5.22. The first-order valence-corrected chi connectivity index (χ1v) is 12.7. The van der Waals surface area contributed by atoms with Gasteiger partial charge in [0.2, 0.25) is 5.91 Å². The zero-order valence-electron chi connectivity index (χ0n) is 21.3. The fraction of sp³-hybridized carbons (Fsp3) is 0.300. The molecule has 1 atom stereocenters. The predicted molar refractivity (Wildman–Crippen MR) is 147 cm³/mol. The van der Waals surface area contributed by atoms with Crippen molar-refractivity contribution in [2.24, 2.45) is 5.16 Å². The van der Waals surface area contributed by atoms with Crippen LogP contribution in [0.25, 0.3) is 0 Å². The molecule has 0 fully saturated rings. The van der Waals surface area contributed by atoms with E-state index in [1.54, 1.807) is 0 Å². The lowest BCUT2D eigenvalue weighted by molar-refractivity contribution is -0.122. The summed E-state index contributed by atoms with van der Waals surface area (Å²) < 4.78 is 0. The van der Waals surface area contributed by atoms with E-state index < -0.39 is 0 Å². The molecule has 0 aromatic heterocycles. The zero-order chi connectivity index (χ0) is 26.3. The summed E-state index contributed by atoms with van der Waals surface area (Å²) in [7, 11) is 1.51. The molecule has 3 N–H and O–H groups in total. The third-order valence-corrected chi connectivity index (χ3v) is 6.24. The Bertz CT molecular complexity index is 1080. The number of hydrogen-bond donors (Lipinski definition) is 3. The summed E-state index contributed by atoms with van der Waals surface area (Å²) in [6, 6.07) is 29.5. The maximum absolute atomic E-state index is 13.6. The molecule has 3 rings (SSSR count). The van der Waals surface area contributed by atoms with E-state index in [2.05, 4.69) is 45.0 Å². The largest absolute Gasteiger partial charge is 0.410 e. The van der Waals surface area contributed by atoms with Gasteiger partial charge >= 0.3 is 0 Å². The number of nitrogens with zero attached hydrogens (tertiary/aromatic N) is 2. The Morgan fingerprint density at radius 2 is 1.35 bits per heavy atom. The monoisotopic (exact) mass is 500 g/mol. The average molecular weight is 501 g/mol. The van der Waals surface area contributed by atoms with Gasteiger partial charge in [-0.25, -0.2) is 0 Å². The van der Waals surface area contributed by atoms with Crippen LogP contribution in [-0.2, 0) is 22.7 Å². The normalized spacial score (nSPS) is 12.2. The first-order valence-electron chi connectivity index (χ1n) is 12.7. The van der Waals surface area contributed by atoms with Crippen molar-refractivity contribution in [3.8, 4) is 0 Å². The van der Waals surface area contributed by atoms with E-state index in [0.29, 0.717) is 32.4 Å². The quantitative estimate of drug-likeness (QED) is 0.122. The van der Waals surface area contributed by atoms with Crippen molar-refractivity contribution in [3.05, 3.63) is 102 Å². The van der Waals surface area contributed by atoms with E-state index in [-0.39, 0.29) is 23.6 Å². The second-order valence-electron chi connectivity index (χ2n) is 8.97. The molecule has 194 valence electrons. The van der Waals surface area contributed by atoms with Gasteiger partial charge in [0.25, 0.3) is 5.91 Å². The van der Waals surface area contributed by atoms with Crippen molar-refractivity contribution in [2.45, 2.75) is 51.2 Å². The summed E-state index contributed by atoms with van der Waals surface area (Å²) in [5, 5.41) is 17.8. The molecule has 0 unspecified atom stereocenters. The van der Waals surface area contributed by atoms with Gasteiger partial charge in [0, 0.05) is 25.8 Å². The highest BCUT2D eigenvalue weighted by Gasteiger charge is 2.26. The molecule has 3 aromatic rings. The van der Waals surface area contributed by atoms with Crippen LogP contribution >= 0.6 is 0 Å². The Labute approximate surface area is 219 Å². The molecule has 0 heterocycles. The summed E-state index contributed by atoms with van der Waals surface area (Å²) >= 11 is 0. The van der Waals surface area contributed by atoms with Crippen molar-refractivity contribution in [1.82, 2.24) is 10.2 Å². The number of para-hydroxylation sites is 1. The van der Waals surface area contributed by atoms with Gasteiger partial charge in [0.05, 0.1) is 6.04 Å². The third kappa shape index (κ3) is 9.20. The van der Waals surface area contributed by atoms with Crippen LogP contribution in [0.15, 0.2) is 96.2 Å². The lowest BCUT2D eigenvalue weighted by Gasteiger charge is -2.31. The SMILES string of the molecule is CNC(=O)/C(CCCCC[C@@H](C(=O)Nc1ccccc1)N(Cc1ccccc1)Cc1ccccc1)=N/O. The molecule has 7 nitrogen and oxygen atoms in total. The average Bonchev–Trinajstić information content (AvgIpc) is 2.93. The highest BCUT2D eigenvalue weighted by atomic mass is 16.4. The summed E-state index contributed by atoms with van der Waals surface area (Å²) in [4.78, 5) is 27.6. The summed E-state index contributed by atoms with van der Waals surface area (Å²) in [6.07, 6.45) is 3.32. The highest BCUT2D eigenvalue weighted by molar-refractivity contribution is 6.38. The van der Waals surface area contributed by atoms with E-state index in [1.165, 1.54) is 7.05 Å². The minimum Gasteiger partial charge on any atom is -0.410 e. The lowest BCUT2D eigenvalue weighted by atomic mass is 10.0. The number of rotatable bonds is 14. The first-order chi connectivity index (χ1) is 18.1. The first kappa shape index (κ1) is 27.6. The molecule has 0 aliphatic heterocycles. The Kier molecular flexibility index (Phi) is 11.4. The molecule has 2 amide bonds. The van der Waals surface area contributed by atoms with Crippen LogP contribution in [0.4, 0.5) is 5.69 Å². The standard InChI is InChI=1S/C30H36N4O3/c1-31-29(35)27(33-37)20-12-5-13-21-28(30(36)32-26-18-10-4-11-19-26)34(22-24-14-6-2-7-15-24)23-25-16-8-3-9-17-25/h2-4,6-11,14-19,28,37H,5,12-13,20-23H2,1H3,(H,31,35)(H,32,36)/b33-27+/t28-/m0/s1. The fourth-order valence-electron chi connectivity index (χ4n) is 4.30. The van der Waals surface area contributed by atoms with Gasteiger partial charge in [0.1, 0.15) is 5.71 Å². The van der Waals surface area contributed by atoms with Crippen LogP contribution in [0.2, 0.25) is 0 Å². The molecular formula is C30H36N4O3. The minimum absolute atomic E-state index is 0.0407. The number of unbranched alkanes of at least 4 members (excludes halogenated alkanes) is 2. The van der Waals surface area contributed by atoms with E-state index in [1.807, 2.05) is 66.7 Å². The minimum atomic E-state index is -0.375. The second-order valence-corrected chi connectivity index (χ2v) is 8.97. The van der Waals surface area contributed by atoms with E-state index in [0.717, 1.165) is 29.7 Å². The Morgan fingerprint density at radius 1 is 0.811 bits per heavy atom. The highest BCUT2D eigenvalue weighted by Crippen LogP contribution is 2.20. The molecule has 0 saturated heterocycles. The topological polar surface area (TPSA) is 94.0 Å². The Hall–Kier alpha value is -3.97. The van der Waals surface area contributed by atoms with Crippen LogP contribution in [-0.4, -0.2) is 40.7 Å². The number of carbonyl (C=O) groups excluding carboxylic acids is 2. The zero-order valence-corrected chi connectivity index (χ0v) is 21.3. The molecule has 0 radical (unpaired) electrons. The molecule has 0 aliphatic carbocycles. The molecule has 0 bridgehead atoms. The van der Waals surface area contributed by atoms with Crippen LogP contribution in [0.5, 0.6) is 0 Å². The van der Waals surface area contributed by atoms with Gasteiger partial charge < -0.3 is 15.8 Å². The van der Waals surface area contributed by atoms with E-state index in [9.17, 15) is 9.59 Å². The van der Waals surface area contributed by atoms with Crippen LogP contribution < -0.4 is 10.6 Å². The Balaban J connectivity index is 1.75. The van der Waals surface area contributed by atoms with Gasteiger partial charge in [0.15, 0.2) is 0 Å². The van der Waals surface area contributed by atoms with Crippen LogP contribution in [0.1, 0.15) is 43.2 Å². The van der Waals surface area contributed by atoms with Gasteiger partial charge in [-0.15, -0.1) is 0 Å². The van der Waals surface area contributed by atoms with Crippen molar-refractivity contribution in [1.29, 1.82) is 0 Å². The number of hydrogen-bond acceptors (Lipinski definition) is 5. The lowest BCUT2D eigenvalue weighted by Crippen LogP contribution is -2.43. The molecule has 3 aromatic carbocycles. The van der Waals surface area contributed by atoms with Crippen molar-refractivity contribution >= 4 is 23.2 Å². The number of benzene rings is 3. The number of anilines is 1. The molecule has 37 heavy (non-hydrogen) atoms. The summed E-state index contributed by atoms with van der Waals surface area (Å²) in [6.45, 7) is 1.28. The molecular weight excluding hydrogens is 464 g/mol. The molecule has 7 heteroatoms. The maximum atomic E-state index is 13.6. The summed E-state index contributed by atoms with van der Waals surface area (Å²) in [5.74, 6) is -0.416. The maximum Gasteiger partial charge on any atom is 0.268 e. The van der Waals surface area contributed by atoms with Crippen molar-refractivity contribution < 1.29 is 14.8 Å². The van der Waals surface area contributed by atoms with Gasteiger partial charge in [-0.2, -0.15) is 0 Å². The number of carbonyl (C=O) groups is 2. The smallest absolute Gasteiger partial charge is 0.268 e. The number of amides is 2. The molecule has 0 saturated carbocycles. The van der Waals surface area contributed by atoms with E-state index >= 15 is 0 Å². The number of nitrogens with one attached hydrogen (secondary N) is 2. The van der Waals surface area contributed by atoms with Crippen molar-refractivity contribution in [3.63, 3.8) is 0 Å². The second kappa shape index (κ2) is 15.2. The molecule has 0 spiro atoms. The van der Waals surface area contributed by atoms with E-state index in [4.69, 9.17) is 5.21 Å². The van der Waals surface area contributed by atoms with Gasteiger partial charge in [-0.05, 0) is 42.5 Å². The van der Waals surface area contributed by atoms with Gasteiger partial charge in [-0.1, -0.05) is 96.9 Å². The van der Waals surface area contributed by atoms with Crippen LogP contribution in [0, 0.1) is 0 Å². The molecule has 0 aliphatic rings. The third-order valence-electron chi connectivity index (χ3n) is 6.24.